The Labute approximate surface area is 145 Å². The molecule has 2 amide bonds. The molecule has 24 heavy (non-hydrogen) atoms. The van der Waals surface area contributed by atoms with Gasteiger partial charge in [0, 0.05) is 10.9 Å². The summed E-state index contributed by atoms with van der Waals surface area (Å²) in [5, 5.41) is 5.37. The van der Waals surface area contributed by atoms with E-state index in [4.69, 9.17) is 4.74 Å². The Hall–Kier alpha value is -2.02. The maximum Gasteiger partial charge on any atom is 0.338 e. The molecule has 0 saturated heterocycles. The van der Waals surface area contributed by atoms with Gasteiger partial charge in [-0.2, -0.15) is 0 Å². The van der Waals surface area contributed by atoms with Crippen LogP contribution in [-0.2, 0) is 14.3 Å². The van der Waals surface area contributed by atoms with Gasteiger partial charge >= 0.3 is 5.97 Å². The van der Waals surface area contributed by atoms with Gasteiger partial charge in [0.15, 0.2) is 6.61 Å². The Morgan fingerprint density at radius 2 is 2.17 bits per heavy atom. The average Bonchev–Trinajstić information content (AvgIpc) is 2.53. The zero-order chi connectivity index (χ0) is 17.7. The Balaban J connectivity index is 1.92. The summed E-state index contributed by atoms with van der Waals surface area (Å²) in [7, 11) is 0. The number of ether oxygens (including phenoxy) is 1. The number of nitrogens with one attached hydrogen (secondary N) is 2. The van der Waals surface area contributed by atoms with E-state index in [9.17, 15) is 14.4 Å². The molecule has 1 heterocycles. The highest BCUT2D eigenvalue weighted by Gasteiger charge is 2.24. The Morgan fingerprint density at radius 1 is 1.42 bits per heavy atom. The van der Waals surface area contributed by atoms with Crippen LogP contribution in [0.4, 0.5) is 5.69 Å². The first-order valence-electron chi connectivity index (χ1n) is 7.98. The van der Waals surface area contributed by atoms with Gasteiger partial charge in [-0.05, 0) is 38.5 Å². The van der Waals surface area contributed by atoms with Crippen LogP contribution < -0.4 is 10.6 Å². The number of amides is 2. The van der Waals surface area contributed by atoms with Crippen molar-refractivity contribution >= 4 is 35.2 Å². The number of carbonyl (C=O) groups is 3. The number of hydrogen-bond acceptors (Lipinski definition) is 5. The molecule has 1 aromatic rings. The van der Waals surface area contributed by atoms with E-state index in [1.54, 1.807) is 18.2 Å². The summed E-state index contributed by atoms with van der Waals surface area (Å²) in [5.41, 5.74) is 0.900. The van der Waals surface area contributed by atoms with E-state index in [2.05, 4.69) is 10.6 Å². The third-order valence-electron chi connectivity index (χ3n) is 3.61. The van der Waals surface area contributed by atoms with E-state index < -0.39 is 5.97 Å². The van der Waals surface area contributed by atoms with Gasteiger partial charge in [-0.15, -0.1) is 11.8 Å². The van der Waals surface area contributed by atoms with Crippen LogP contribution in [-0.4, -0.2) is 35.7 Å². The predicted molar refractivity (Wildman–Crippen MR) is 93.2 cm³/mol. The molecular formula is C17H22N2O4S. The lowest BCUT2D eigenvalue weighted by atomic mass is 10.2. The minimum atomic E-state index is -0.589. The van der Waals surface area contributed by atoms with Gasteiger partial charge in [0.25, 0.3) is 5.91 Å². The average molecular weight is 350 g/mol. The van der Waals surface area contributed by atoms with Crippen molar-refractivity contribution in [2.24, 2.45) is 0 Å². The molecule has 1 aromatic carbocycles. The molecular weight excluding hydrogens is 328 g/mol. The van der Waals surface area contributed by atoms with Crippen molar-refractivity contribution in [3.8, 4) is 0 Å². The van der Waals surface area contributed by atoms with Crippen molar-refractivity contribution in [2.45, 2.75) is 49.8 Å². The summed E-state index contributed by atoms with van der Waals surface area (Å²) in [4.78, 5) is 36.4. The van der Waals surface area contributed by atoms with Crippen LogP contribution >= 0.6 is 11.8 Å². The number of fused-ring (bicyclic) bond motifs is 1. The molecule has 130 valence electrons. The summed E-state index contributed by atoms with van der Waals surface area (Å²) < 4.78 is 5.04. The highest BCUT2D eigenvalue weighted by atomic mass is 32.2. The first-order chi connectivity index (χ1) is 11.4. The van der Waals surface area contributed by atoms with Gasteiger partial charge in [-0.1, -0.05) is 13.3 Å². The van der Waals surface area contributed by atoms with Crippen LogP contribution in [0.25, 0.3) is 0 Å². The number of anilines is 1. The molecule has 1 aliphatic rings. The molecule has 7 heteroatoms. The molecule has 0 saturated carbocycles. The second-order valence-electron chi connectivity index (χ2n) is 5.79. The van der Waals surface area contributed by atoms with E-state index in [-0.39, 0.29) is 29.7 Å². The molecule has 6 nitrogen and oxygen atoms in total. The minimum Gasteiger partial charge on any atom is -0.452 e. The number of benzene rings is 1. The van der Waals surface area contributed by atoms with Gasteiger partial charge in [-0.3, -0.25) is 9.59 Å². The first-order valence-corrected chi connectivity index (χ1v) is 8.86. The first kappa shape index (κ1) is 18.3. The minimum absolute atomic E-state index is 0.0548. The lowest BCUT2D eigenvalue weighted by Crippen LogP contribution is -2.35. The molecule has 0 radical (unpaired) electrons. The van der Waals surface area contributed by atoms with E-state index >= 15 is 0 Å². The van der Waals surface area contributed by atoms with Crippen molar-refractivity contribution in [1.82, 2.24) is 5.32 Å². The van der Waals surface area contributed by atoms with E-state index in [0.29, 0.717) is 11.3 Å². The van der Waals surface area contributed by atoms with E-state index in [1.807, 2.05) is 20.8 Å². The van der Waals surface area contributed by atoms with Gasteiger partial charge in [-0.25, -0.2) is 4.79 Å². The topological polar surface area (TPSA) is 84.5 Å². The van der Waals surface area contributed by atoms with Gasteiger partial charge < -0.3 is 15.4 Å². The Morgan fingerprint density at radius 3 is 2.88 bits per heavy atom. The molecule has 2 N–H and O–H groups in total. The zero-order valence-electron chi connectivity index (χ0n) is 14.0. The highest BCUT2D eigenvalue weighted by molar-refractivity contribution is 8.00. The van der Waals surface area contributed by atoms with Crippen molar-refractivity contribution < 1.29 is 19.1 Å². The Kier molecular flexibility index (Phi) is 6.25. The molecule has 0 spiro atoms. The molecule has 1 aliphatic heterocycles. The monoisotopic (exact) mass is 350 g/mol. The van der Waals surface area contributed by atoms with Crippen LogP contribution in [0.15, 0.2) is 23.1 Å². The lowest BCUT2D eigenvalue weighted by molar-refractivity contribution is -0.124. The number of esters is 1. The molecule has 0 bridgehead atoms. The van der Waals surface area contributed by atoms with Gasteiger partial charge in [0.2, 0.25) is 5.91 Å². The Bertz CT molecular complexity index is 647. The SMILES string of the molecule is CCC[C@H](C)NC(=O)COC(=O)c1ccc2c(c1)NC(=O)[C@@H](C)S2. The van der Waals surface area contributed by atoms with Gasteiger partial charge in [0.1, 0.15) is 0 Å². The molecule has 0 aromatic heterocycles. The van der Waals surface area contributed by atoms with Crippen molar-refractivity contribution in [2.75, 3.05) is 11.9 Å². The fraction of sp³-hybridized carbons (Fsp3) is 0.471. The predicted octanol–water partition coefficient (Wildman–Crippen LogP) is 2.58. The van der Waals surface area contributed by atoms with Crippen LogP contribution in [0.5, 0.6) is 0 Å². The highest BCUT2D eigenvalue weighted by Crippen LogP contribution is 2.35. The third-order valence-corrected chi connectivity index (χ3v) is 4.79. The van der Waals surface area contributed by atoms with E-state index in [1.165, 1.54) is 11.8 Å². The summed E-state index contributed by atoms with van der Waals surface area (Å²) in [6.45, 7) is 5.45. The maximum atomic E-state index is 12.1. The smallest absolute Gasteiger partial charge is 0.338 e. The van der Waals surface area contributed by atoms with Crippen LogP contribution in [0.2, 0.25) is 0 Å². The van der Waals surface area contributed by atoms with Gasteiger partial charge in [0.05, 0.1) is 16.5 Å². The molecule has 0 unspecified atom stereocenters. The molecule has 2 atom stereocenters. The number of rotatable bonds is 6. The second kappa shape index (κ2) is 8.19. The normalized spacial score (nSPS) is 17.5. The largest absolute Gasteiger partial charge is 0.452 e. The van der Waals surface area contributed by atoms with Crippen LogP contribution in [0.3, 0.4) is 0 Å². The van der Waals surface area contributed by atoms with Crippen LogP contribution in [0.1, 0.15) is 44.0 Å². The van der Waals surface area contributed by atoms with E-state index in [0.717, 1.165) is 17.7 Å². The molecule has 0 fully saturated rings. The summed E-state index contributed by atoms with van der Waals surface area (Å²) in [6.07, 6.45) is 1.85. The number of hydrogen-bond donors (Lipinski definition) is 2. The quantitative estimate of drug-likeness (QED) is 0.770. The standard InChI is InChI=1S/C17H22N2O4S/c1-4-5-10(2)18-15(20)9-23-17(22)12-6-7-14-13(8-12)19-16(21)11(3)24-14/h6-8,10-11H,4-5,9H2,1-3H3,(H,18,20)(H,19,21)/t10-,11+/m0/s1. The third kappa shape index (κ3) is 4.74. The second-order valence-corrected chi connectivity index (χ2v) is 7.18. The van der Waals surface area contributed by atoms with Crippen molar-refractivity contribution in [3.05, 3.63) is 23.8 Å². The molecule has 2 rings (SSSR count). The fourth-order valence-corrected chi connectivity index (χ4v) is 3.30. The fourth-order valence-electron chi connectivity index (χ4n) is 2.37. The number of carbonyl (C=O) groups excluding carboxylic acids is 3. The lowest BCUT2D eigenvalue weighted by Gasteiger charge is -2.21. The van der Waals surface area contributed by atoms with Crippen molar-refractivity contribution in [3.63, 3.8) is 0 Å². The number of thioether (sulfide) groups is 1. The summed E-state index contributed by atoms with van der Waals surface area (Å²) in [6, 6.07) is 5.04. The zero-order valence-corrected chi connectivity index (χ0v) is 14.9. The maximum absolute atomic E-state index is 12.1. The van der Waals surface area contributed by atoms with Crippen molar-refractivity contribution in [1.29, 1.82) is 0 Å². The molecule has 0 aliphatic carbocycles. The summed E-state index contributed by atoms with van der Waals surface area (Å²) in [5.74, 6) is -1.00. The summed E-state index contributed by atoms with van der Waals surface area (Å²) >= 11 is 1.44. The van der Waals surface area contributed by atoms with Crippen LogP contribution in [0, 0.1) is 0 Å².